The number of carbonyl (C=O) groups is 2. The first kappa shape index (κ1) is 24.4. The van der Waals surface area contributed by atoms with Gasteiger partial charge in [-0.1, -0.05) is 32.8 Å². The van der Waals surface area contributed by atoms with Crippen molar-refractivity contribution in [1.82, 2.24) is 0 Å². The summed E-state index contributed by atoms with van der Waals surface area (Å²) >= 11 is 0. The quantitative estimate of drug-likeness (QED) is 0.201. The molecule has 8 nitrogen and oxygen atoms in total. The van der Waals surface area contributed by atoms with E-state index in [9.17, 15) is 14.2 Å². The normalized spacial score (nSPS) is 33.0. The van der Waals surface area contributed by atoms with E-state index in [1.807, 2.05) is 19.9 Å². The summed E-state index contributed by atoms with van der Waals surface area (Å²) in [7, 11) is -3.61. The number of phosphoric ester groups is 1. The standard InChI is InChI=1S/C22H35O8P/c1-5-26-31(25,27-6-2)28-15-16-11-12-22(21(3,4)13-16)19(29-20(24)30-22)18-10-8-7-9-17(18)14-23/h13-14,17-19H,5-12,15H2,1-4H3/t17-,18+,19-,22+/m0/s1. The van der Waals surface area contributed by atoms with Crippen LogP contribution >= 0.6 is 7.82 Å². The molecule has 2 fully saturated rings. The van der Waals surface area contributed by atoms with Crippen molar-refractivity contribution < 1.29 is 37.2 Å². The lowest BCUT2D eigenvalue weighted by Crippen LogP contribution is -2.57. The number of cyclic esters (lactones) is 1. The van der Waals surface area contributed by atoms with Crippen molar-refractivity contribution in [2.75, 3.05) is 19.8 Å². The third kappa shape index (κ3) is 4.92. The van der Waals surface area contributed by atoms with E-state index in [2.05, 4.69) is 0 Å². The van der Waals surface area contributed by atoms with Crippen molar-refractivity contribution in [3.63, 3.8) is 0 Å². The molecule has 0 aromatic heterocycles. The predicted octanol–water partition coefficient (Wildman–Crippen LogP) is 5.21. The fourth-order valence-corrected chi connectivity index (χ4v) is 6.54. The minimum absolute atomic E-state index is 0.0423. The maximum Gasteiger partial charge on any atom is 0.509 e. The second-order valence-electron chi connectivity index (χ2n) is 9.11. The Hall–Kier alpha value is -1.21. The molecule has 0 bridgehead atoms. The Morgan fingerprint density at radius 1 is 1.16 bits per heavy atom. The highest BCUT2D eigenvalue weighted by Gasteiger charge is 2.63. The molecule has 0 unspecified atom stereocenters. The van der Waals surface area contributed by atoms with Crippen molar-refractivity contribution in [3.8, 4) is 0 Å². The minimum Gasteiger partial charge on any atom is -0.426 e. The number of hydrogen-bond donors (Lipinski definition) is 0. The number of hydrogen-bond acceptors (Lipinski definition) is 8. The van der Waals surface area contributed by atoms with Crippen LogP contribution in [0.3, 0.4) is 0 Å². The molecule has 1 aliphatic heterocycles. The van der Waals surface area contributed by atoms with Gasteiger partial charge in [-0.3, -0.25) is 13.6 Å². The monoisotopic (exact) mass is 458 g/mol. The summed E-state index contributed by atoms with van der Waals surface area (Å²) in [4.78, 5) is 24.0. The van der Waals surface area contributed by atoms with E-state index in [4.69, 9.17) is 23.0 Å². The number of phosphoric acid groups is 1. The van der Waals surface area contributed by atoms with Gasteiger partial charge < -0.3 is 14.3 Å². The number of carbonyl (C=O) groups excluding carboxylic acids is 2. The topological polar surface area (TPSA) is 97.4 Å². The van der Waals surface area contributed by atoms with Gasteiger partial charge in [-0.25, -0.2) is 9.36 Å². The molecule has 0 radical (unpaired) electrons. The van der Waals surface area contributed by atoms with Gasteiger partial charge in [0.05, 0.1) is 19.8 Å². The second kappa shape index (κ2) is 9.74. The third-order valence-electron chi connectivity index (χ3n) is 6.84. The molecule has 0 aromatic carbocycles. The van der Waals surface area contributed by atoms with Crippen LogP contribution in [-0.4, -0.2) is 44.0 Å². The lowest BCUT2D eigenvalue weighted by molar-refractivity contribution is -0.121. The fraction of sp³-hybridized carbons (Fsp3) is 0.818. The van der Waals surface area contributed by atoms with E-state index in [0.29, 0.717) is 12.8 Å². The highest BCUT2D eigenvalue weighted by Crippen LogP contribution is 2.55. The summed E-state index contributed by atoms with van der Waals surface area (Å²) in [5.74, 6) is -0.169. The Kier molecular flexibility index (Phi) is 7.67. The maximum absolute atomic E-state index is 12.6. The van der Waals surface area contributed by atoms with Gasteiger partial charge in [0.15, 0.2) is 5.60 Å². The fourth-order valence-electron chi connectivity index (χ4n) is 5.36. The van der Waals surface area contributed by atoms with Crippen molar-refractivity contribution in [2.45, 2.75) is 77.9 Å². The largest absolute Gasteiger partial charge is 0.509 e. The number of ether oxygens (including phenoxy) is 2. The summed E-state index contributed by atoms with van der Waals surface area (Å²) in [5.41, 5.74) is -0.472. The zero-order valence-corrected chi connectivity index (χ0v) is 19.9. The smallest absolute Gasteiger partial charge is 0.426 e. The van der Waals surface area contributed by atoms with E-state index in [1.54, 1.807) is 13.8 Å². The van der Waals surface area contributed by atoms with Crippen molar-refractivity contribution in [2.24, 2.45) is 17.3 Å². The van der Waals surface area contributed by atoms with Crippen LogP contribution in [0.2, 0.25) is 0 Å². The molecule has 1 spiro atoms. The Morgan fingerprint density at radius 2 is 1.84 bits per heavy atom. The van der Waals surface area contributed by atoms with Crippen molar-refractivity contribution in [1.29, 1.82) is 0 Å². The van der Waals surface area contributed by atoms with Gasteiger partial charge in [-0.2, -0.15) is 0 Å². The van der Waals surface area contributed by atoms with Gasteiger partial charge in [-0.05, 0) is 45.1 Å². The maximum atomic E-state index is 12.6. The molecular weight excluding hydrogens is 423 g/mol. The van der Waals surface area contributed by atoms with Crippen molar-refractivity contribution in [3.05, 3.63) is 11.6 Å². The van der Waals surface area contributed by atoms with Crippen LogP contribution < -0.4 is 0 Å². The molecule has 3 aliphatic rings. The summed E-state index contributed by atoms with van der Waals surface area (Å²) in [6, 6.07) is 0. The Labute approximate surface area is 184 Å². The van der Waals surface area contributed by atoms with E-state index < -0.39 is 31.1 Å². The predicted molar refractivity (Wildman–Crippen MR) is 114 cm³/mol. The van der Waals surface area contributed by atoms with Crippen LogP contribution in [0.15, 0.2) is 11.6 Å². The first-order valence-corrected chi connectivity index (χ1v) is 12.8. The number of rotatable bonds is 9. The van der Waals surface area contributed by atoms with Crippen LogP contribution in [0, 0.1) is 17.3 Å². The molecule has 1 saturated heterocycles. The average molecular weight is 458 g/mol. The van der Waals surface area contributed by atoms with Gasteiger partial charge in [0, 0.05) is 17.3 Å². The van der Waals surface area contributed by atoms with Gasteiger partial charge in [0.1, 0.15) is 12.4 Å². The van der Waals surface area contributed by atoms with Gasteiger partial charge in [0.2, 0.25) is 0 Å². The second-order valence-corrected chi connectivity index (χ2v) is 10.8. The summed E-state index contributed by atoms with van der Waals surface area (Å²) in [6.07, 6.45) is 6.71. The van der Waals surface area contributed by atoms with Gasteiger partial charge in [0.25, 0.3) is 0 Å². The molecule has 0 N–H and O–H groups in total. The number of aldehydes is 1. The molecule has 1 heterocycles. The van der Waals surface area contributed by atoms with Crippen LogP contribution in [0.25, 0.3) is 0 Å². The molecule has 4 atom stereocenters. The van der Waals surface area contributed by atoms with Crippen molar-refractivity contribution >= 4 is 20.3 Å². The Balaban J connectivity index is 1.81. The van der Waals surface area contributed by atoms with Gasteiger partial charge in [-0.15, -0.1) is 0 Å². The van der Waals surface area contributed by atoms with Crippen LogP contribution in [0.4, 0.5) is 4.79 Å². The molecule has 0 aromatic rings. The summed E-state index contributed by atoms with van der Waals surface area (Å²) in [5, 5.41) is 0. The molecule has 31 heavy (non-hydrogen) atoms. The molecule has 2 aliphatic carbocycles. The third-order valence-corrected chi connectivity index (χ3v) is 8.44. The lowest BCUT2D eigenvalue weighted by Gasteiger charge is -2.49. The first-order valence-electron chi connectivity index (χ1n) is 11.3. The Bertz CT molecular complexity index is 738. The minimum atomic E-state index is -3.61. The van der Waals surface area contributed by atoms with E-state index in [1.165, 1.54) is 0 Å². The highest BCUT2D eigenvalue weighted by atomic mass is 31.2. The Morgan fingerprint density at radius 3 is 2.45 bits per heavy atom. The molecular formula is C22H35O8P. The van der Waals surface area contributed by atoms with Crippen LogP contribution in [0.5, 0.6) is 0 Å². The van der Waals surface area contributed by atoms with Crippen LogP contribution in [-0.2, 0) is 32.4 Å². The van der Waals surface area contributed by atoms with E-state index in [-0.39, 0.29) is 31.7 Å². The lowest BCUT2D eigenvalue weighted by atomic mass is 9.60. The SMILES string of the molecule is CCOP(=O)(OCC)OCC1=CC(C)(C)[C@]2(CC1)OC(=O)O[C@H]2[C@@H]1CCCC[C@H]1C=O. The molecule has 1 saturated carbocycles. The highest BCUT2D eigenvalue weighted by molar-refractivity contribution is 7.48. The zero-order chi connectivity index (χ0) is 22.7. The molecule has 176 valence electrons. The first-order chi connectivity index (χ1) is 14.7. The van der Waals surface area contributed by atoms with Crippen LogP contribution in [0.1, 0.15) is 66.2 Å². The molecule has 3 rings (SSSR count). The summed E-state index contributed by atoms with van der Waals surface area (Å²) in [6.45, 7) is 8.02. The average Bonchev–Trinajstić information content (AvgIpc) is 3.07. The zero-order valence-electron chi connectivity index (χ0n) is 19.0. The molecule has 9 heteroatoms. The van der Waals surface area contributed by atoms with E-state index in [0.717, 1.165) is 37.5 Å². The summed E-state index contributed by atoms with van der Waals surface area (Å²) < 4.78 is 40.2. The van der Waals surface area contributed by atoms with Gasteiger partial charge >= 0.3 is 14.0 Å². The molecule has 0 amide bonds. The van der Waals surface area contributed by atoms with E-state index >= 15 is 0 Å².